The highest BCUT2D eigenvalue weighted by atomic mass is 32.2. The summed E-state index contributed by atoms with van der Waals surface area (Å²) in [6.45, 7) is 18.6. The molecular formula is C36H59N5O7S. The van der Waals surface area contributed by atoms with E-state index in [1.54, 1.807) is 20.8 Å². The van der Waals surface area contributed by atoms with E-state index in [9.17, 15) is 32.4 Å². The summed E-state index contributed by atoms with van der Waals surface area (Å²) in [7, 11) is -3.56. The molecule has 13 heteroatoms. The van der Waals surface area contributed by atoms with Gasteiger partial charge in [-0.1, -0.05) is 72.8 Å². The second kappa shape index (κ2) is 14.0. The Hall–Kier alpha value is -2.96. The SMILES string of the molecule is C=CCNC(=O)C(=O)[C@H](CC1CC1)NC(=O)[C@@H]1C2C(CN1C(=O)[C@@H](NC(=O)NC1(CS(=O)(=O)C(C)(C)C)CCCCC1)C(C)(C)C)C2(C)C. The second-order valence-electron chi connectivity index (χ2n) is 17.6. The second-order valence-corrected chi connectivity index (χ2v) is 20.3. The van der Waals surface area contributed by atoms with E-state index in [0.717, 1.165) is 32.1 Å². The maximum absolute atomic E-state index is 14.5. The van der Waals surface area contributed by atoms with E-state index >= 15 is 0 Å². The molecule has 2 unspecified atom stereocenters. The molecule has 0 aromatic heterocycles. The number of nitrogens with zero attached hydrogens (tertiary/aromatic N) is 1. The van der Waals surface area contributed by atoms with Crippen molar-refractivity contribution in [3.05, 3.63) is 12.7 Å². The number of rotatable bonds is 13. The van der Waals surface area contributed by atoms with E-state index in [4.69, 9.17) is 0 Å². The predicted octanol–water partition coefficient (Wildman–Crippen LogP) is 3.26. The summed E-state index contributed by atoms with van der Waals surface area (Å²) >= 11 is 0. The zero-order valence-corrected chi connectivity index (χ0v) is 31.6. The van der Waals surface area contributed by atoms with E-state index in [0.29, 0.717) is 25.8 Å². The lowest BCUT2D eigenvalue weighted by molar-refractivity contribution is -0.145. The highest BCUT2D eigenvalue weighted by Crippen LogP contribution is 2.65. The molecule has 3 saturated carbocycles. The monoisotopic (exact) mass is 705 g/mol. The van der Waals surface area contributed by atoms with Gasteiger partial charge in [-0.3, -0.25) is 19.2 Å². The fourth-order valence-electron chi connectivity index (χ4n) is 7.74. The first kappa shape index (κ1) is 38.8. The molecule has 4 N–H and O–H groups in total. The van der Waals surface area contributed by atoms with E-state index in [2.05, 4.69) is 41.7 Å². The predicted molar refractivity (Wildman–Crippen MR) is 188 cm³/mol. The van der Waals surface area contributed by atoms with Gasteiger partial charge in [-0.2, -0.15) is 0 Å². The Balaban J connectivity index is 1.55. The standard InChI is InChI=1S/C36H59N5O7S/c1-10-18-37-30(44)27(42)24(19-22-14-15-22)38-29(43)26-25-23(35(25,8)9)20-41(26)31(45)28(33(2,3)4)39-32(46)40-36(16-12-11-13-17-36)21-49(47,48)34(5,6)7/h10,22-26,28H,1,11-21H2,2-9H3,(H,37,44)(H,38,43)(H2,39,40,46)/t23?,24-,25?,26-,28+/m0/s1. The number of urea groups is 1. The highest BCUT2D eigenvalue weighted by Gasteiger charge is 2.70. The van der Waals surface area contributed by atoms with Crippen LogP contribution < -0.4 is 21.3 Å². The summed E-state index contributed by atoms with van der Waals surface area (Å²) in [6, 6.07) is -3.54. The molecule has 49 heavy (non-hydrogen) atoms. The molecule has 4 rings (SSSR count). The molecule has 0 aromatic carbocycles. The molecule has 4 aliphatic rings. The number of Topliss-reactive ketones (excluding diaryl/α,β-unsaturated/α-hetero) is 1. The van der Waals surface area contributed by atoms with Gasteiger partial charge in [0.1, 0.15) is 12.1 Å². The van der Waals surface area contributed by atoms with Crippen molar-refractivity contribution >= 4 is 39.4 Å². The number of nitrogens with one attached hydrogen (secondary N) is 4. The molecule has 5 atom stereocenters. The number of ketones is 1. The molecule has 4 fully saturated rings. The number of carbonyl (C=O) groups is 5. The largest absolute Gasteiger partial charge is 0.346 e. The third-order valence-electron chi connectivity index (χ3n) is 11.3. The number of amides is 5. The Morgan fingerprint density at radius 1 is 0.959 bits per heavy atom. The topological polar surface area (TPSA) is 171 Å². The van der Waals surface area contributed by atoms with Crippen molar-refractivity contribution in [2.45, 2.75) is 135 Å². The summed E-state index contributed by atoms with van der Waals surface area (Å²) in [6.07, 6.45) is 7.21. The third-order valence-corrected chi connectivity index (χ3v) is 14.1. The van der Waals surface area contributed by atoms with Gasteiger partial charge < -0.3 is 26.2 Å². The van der Waals surface area contributed by atoms with Crippen LogP contribution in [-0.4, -0.2) is 90.1 Å². The van der Waals surface area contributed by atoms with E-state index in [1.165, 1.54) is 11.0 Å². The van der Waals surface area contributed by atoms with Crippen LogP contribution in [0.5, 0.6) is 0 Å². The van der Waals surface area contributed by atoms with Crippen LogP contribution in [0.3, 0.4) is 0 Å². The van der Waals surface area contributed by atoms with Crippen LogP contribution >= 0.6 is 0 Å². The van der Waals surface area contributed by atoms with Crippen molar-refractivity contribution in [2.75, 3.05) is 18.8 Å². The molecule has 1 heterocycles. The lowest BCUT2D eigenvalue weighted by atomic mass is 9.83. The van der Waals surface area contributed by atoms with Crippen molar-refractivity contribution < 1.29 is 32.4 Å². The maximum Gasteiger partial charge on any atom is 0.315 e. The number of hydrogen-bond donors (Lipinski definition) is 4. The molecular weight excluding hydrogens is 646 g/mol. The molecule has 1 aliphatic heterocycles. The fraction of sp³-hybridized carbons (Fsp3) is 0.806. The van der Waals surface area contributed by atoms with Crippen LogP contribution in [0, 0.1) is 28.6 Å². The molecule has 0 aromatic rings. The van der Waals surface area contributed by atoms with Crippen LogP contribution in [0.15, 0.2) is 12.7 Å². The van der Waals surface area contributed by atoms with Crippen molar-refractivity contribution in [3.63, 3.8) is 0 Å². The van der Waals surface area contributed by atoms with Crippen LogP contribution in [0.1, 0.15) is 107 Å². The molecule has 1 saturated heterocycles. The number of hydrogen-bond acceptors (Lipinski definition) is 7. The summed E-state index contributed by atoms with van der Waals surface area (Å²) in [5.41, 5.74) is -1.92. The zero-order valence-electron chi connectivity index (χ0n) is 30.7. The van der Waals surface area contributed by atoms with Gasteiger partial charge in [0.05, 0.1) is 22.1 Å². The Morgan fingerprint density at radius 2 is 1.57 bits per heavy atom. The number of likely N-dealkylation sites (tertiary alicyclic amines) is 1. The minimum Gasteiger partial charge on any atom is -0.346 e. The van der Waals surface area contributed by atoms with Crippen molar-refractivity contribution in [1.29, 1.82) is 0 Å². The average Bonchev–Trinajstić information content (AvgIpc) is 3.84. The van der Waals surface area contributed by atoms with E-state index in [1.807, 2.05) is 20.8 Å². The minimum atomic E-state index is -3.56. The Bertz CT molecular complexity index is 1430. The number of carbonyl (C=O) groups excluding carboxylic acids is 5. The first-order valence-electron chi connectivity index (χ1n) is 17.9. The lowest BCUT2D eigenvalue weighted by Gasteiger charge is -2.41. The van der Waals surface area contributed by atoms with Crippen LogP contribution in [0.25, 0.3) is 0 Å². The molecule has 0 spiro atoms. The number of piperidine rings is 1. The van der Waals surface area contributed by atoms with E-state index < -0.39 is 73.2 Å². The first-order valence-corrected chi connectivity index (χ1v) is 19.5. The molecule has 0 radical (unpaired) electrons. The number of fused-ring (bicyclic) bond motifs is 1. The van der Waals surface area contributed by atoms with Gasteiger partial charge >= 0.3 is 6.03 Å². The Morgan fingerprint density at radius 3 is 2.10 bits per heavy atom. The minimum absolute atomic E-state index is 0.0585. The van der Waals surface area contributed by atoms with Gasteiger partial charge in [-0.25, -0.2) is 13.2 Å². The lowest BCUT2D eigenvalue weighted by Crippen LogP contribution is -2.64. The summed E-state index contributed by atoms with van der Waals surface area (Å²) < 4.78 is 25.6. The number of sulfone groups is 1. The van der Waals surface area contributed by atoms with Crippen molar-refractivity contribution in [1.82, 2.24) is 26.2 Å². The van der Waals surface area contributed by atoms with Crippen molar-refractivity contribution in [3.8, 4) is 0 Å². The summed E-state index contributed by atoms with van der Waals surface area (Å²) in [4.78, 5) is 69.6. The van der Waals surface area contributed by atoms with Crippen LogP contribution in [0.2, 0.25) is 0 Å². The van der Waals surface area contributed by atoms with Crippen LogP contribution in [0.4, 0.5) is 4.79 Å². The normalized spacial score (nSPS) is 25.6. The maximum atomic E-state index is 14.5. The van der Waals surface area contributed by atoms with Crippen LogP contribution in [-0.2, 0) is 29.0 Å². The summed E-state index contributed by atoms with van der Waals surface area (Å²) in [5.74, 6) is -2.44. The van der Waals surface area contributed by atoms with Gasteiger partial charge in [0.2, 0.25) is 17.6 Å². The molecule has 3 aliphatic carbocycles. The average molecular weight is 706 g/mol. The first-order chi connectivity index (χ1) is 22.5. The highest BCUT2D eigenvalue weighted by molar-refractivity contribution is 7.92. The van der Waals surface area contributed by atoms with Gasteiger partial charge in [-0.05, 0) is 68.6 Å². The molecule has 0 bridgehead atoms. The van der Waals surface area contributed by atoms with Gasteiger partial charge in [0.25, 0.3) is 5.91 Å². The molecule has 276 valence electrons. The quantitative estimate of drug-likeness (QED) is 0.168. The smallest absolute Gasteiger partial charge is 0.315 e. The van der Waals surface area contributed by atoms with Gasteiger partial charge in [-0.15, -0.1) is 6.58 Å². The fourth-order valence-corrected chi connectivity index (χ4v) is 9.26. The van der Waals surface area contributed by atoms with Crippen molar-refractivity contribution in [2.24, 2.45) is 28.6 Å². The zero-order chi connectivity index (χ0) is 36.7. The van der Waals surface area contributed by atoms with Gasteiger partial charge in [0, 0.05) is 13.1 Å². The Labute approximate surface area is 292 Å². The molecule has 12 nitrogen and oxygen atoms in total. The third kappa shape index (κ3) is 8.68. The van der Waals surface area contributed by atoms with Gasteiger partial charge in [0.15, 0.2) is 9.84 Å². The summed E-state index contributed by atoms with van der Waals surface area (Å²) in [5, 5.41) is 11.2. The Kier molecular flexibility index (Phi) is 11.1. The molecule has 5 amide bonds. The van der Waals surface area contributed by atoms with E-state index in [-0.39, 0.29) is 35.5 Å².